The molecule has 1 atom stereocenters. The van der Waals surface area contributed by atoms with Crippen molar-refractivity contribution in [1.29, 1.82) is 0 Å². The van der Waals surface area contributed by atoms with Crippen LogP contribution in [0.3, 0.4) is 0 Å². The third kappa shape index (κ3) is 2.59. The van der Waals surface area contributed by atoms with Gasteiger partial charge in [-0.2, -0.15) is 5.21 Å². The molecule has 21 heavy (non-hydrogen) atoms. The maximum absolute atomic E-state index is 12.5. The van der Waals surface area contributed by atoms with Crippen LogP contribution in [-0.2, 0) is 4.79 Å². The van der Waals surface area contributed by atoms with E-state index < -0.39 is 12.0 Å². The summed E-state index contributed by atoms with van der Waals surface area (Å²) in [6.45, 7) is 0. The molecule has 9 heteroatoms. The summed E-state index contributed by atoms with van der Waals surface area (Å²) < 4.78 is 0. The third-order valence-corrected chi connectivity index (χ3v) is 4.15. The number of tetrazole rings is 1. The molecule has 1 fully saturated rings. The van der Waals surface area contributed by atoms with Crippen molar-refractivity contribution in [3.05, 3.63) is 29.8 Å². The Labute approximate surface area is 123 Å². The Kier molecular flexibility index (Phi) is 3.57. The lowest BCUT2D eigenvalue weighted by atomic mass is 10.1. The van der Waals surface area contributed by atoms with Gasteiger partial charge in [-0.15, -0.1) is 22.0 Å². The molecule has 0 aliphatic carbocycles. The Hall–Kier alpha value is -2.42. The molecule has 108 valence electrons. The number of amides is 1. The first kappa shape index (κ1) is 13.6. The highest BCUT2D eigenvalue weighted by atomic mass is 32.2. The van der Waals surface area contributed by atoms with Gasteiger partial charge in [0.2, 0.25) is 5.82 Å². The summed E-state index contributed by atoms with van der Waals surface area (Å²) in [6, 6.07) is 5.96. The van der Waals surface area contributed by atoms with E-state index in [1.54, 1.807) is 24.3 Å². The predicted octanol–water partition coefficient (Wildman–Crippen LogP) is 0.466. The van der Waals surface area contributed by atoms with E-state index >= 15 is 0 Å². The molecule has 0 bridgehead atoms. The zero-order valence-corrected chi connectivity index (χ0v) is 11.6. The van der Waals surface area contributed by atoms with Gasteiger partial charge in [0.05, 0.1) is 5.88 Å². The largest absolute Gasteiger partial charge is 0.480 e. The number of rotatable bonds is 3. The van der Waals surface area contributed by atoms with Gasteiger partial charge >= 0.3 is 5.97 Å². The number of aromatic amines is 1. The number of hydrogen-bond acceptors (Lipinski definition) is 6. The van der Waals surface area contributed by atoms with E-state index in [0.717, 1.165) is 0 Å². The van der Waals surface area contributed by atoms with Gasteiger partial charge in [0.25, 0.3) is 5.91 Å². The molecule has 3 rings (SSSR count). The molecule has 0 spiro atoms. The van der Waals surface area contributed by atoms with Crippen LogP contribution in [0.2, 0.25) is 0 Å². The molecule has 1 aromatic carbocycles. The van der Waals surface area contributed by atoms with E-state index in [4.69, 9.17) is 5.11 Å². The average Bonchev–Trinajstić information content (AvgIpc) is 3.17. The highest BCUT2D eigenvalue weighted by Crippen LogP contribution is 2.24. The van der Waals surface area contributed by atoms with Crippen LogP contribution < -0.4 is 0 Å². The van der Waals surface area contributed by atoms with E-state index in [2.05, 4.69) is 20.6 Å². The zero-order chi connectivity index (χ0) is 14.8. The number of benzene rings is 1. The lowest BCUT2D eigenvalue weighted by Crippen LogP contribution is -2.41. The minimum atomic E-state index is -0.984. The van der Waals surface area contributed by atoms with Gasteiger partial charge in [0, 0.05) is 16.9 Å². The van der Waals surface area contributed by atoms with Crippen molar-refractivity contribution in [2.24, 2.45) is 0 Å². The number of aromatic nitrogens is 4. The Morgan fingerprint density at radius 2 is 2.29 bits per heavy atom. The molecule has 2 aromatic rings. The van der Waals surface area contributed by atoms with Crippen LogP contribution in [0.25, 0.3) is 11.4 Å². The van der Waals surface area contributed by atoms with Crippen LogP contribution in [0.15, 0.2) is 24.3 Å². The first-order chi connectivity index (χ1) is 10.2. The zero-order valence-electron chi connectivity index (χ0n) is 10.8. The molecule has 2 N–H and O–H groups in total. The molecule has 1 aliphatic rings. The van der Waals surface area contributed by atoms with Crippen LogP contribution >= 0.6 is 11.8 Å². The van der Waals surface area contributed by atoms with Crippen molar-refractivity contribution in [2.45, 2.75) is 6.04 Å². The number of hydrogen-bond donors (Lipinski definition) is 2. The maximum atomic E-state index is 12.5. The Balaban J connectivity index is 1.88. The van der Waals surface area contributed by atoms with E-state index in [1.807, 2.05) is 0 Å². The fraction of sp³-hybridized carbons (Fsp3) is 0.250. The summed E-state index contributed by atoms with van der Waals surface area (Å²) in [4.78, 5) is 25.0. The first-order valence-corrected chi connectivity index (χ1v) is 7.27. The monoisotopic (exact) mass is 305 g/mol. The summed E-state index contributed by atoms with van der Waals surface area (Å²) in [5, 5.41) is 22.7. The third-order valence-electron chi connectivity index (χ3n) is 3.14. The number of carboxylic acids is 1. The molecule has 0 saturated carbocycles. The van der Waals surface area contributed by atoms with Crippen molar-refractivity contribution in [2.75, 3.05) is 11.6 Å². The summed E-state index contributed by atoms with van der Waals surface area (Å²) in [5.74, 6) is -0.121. The maximum Gasteiger partial charge on any atom is 0.327 e. The van der Waals surface area contributed by atoms with Crippen molar-refractivity contribution in [1.82, 2.24) is 25.5 Å². The van der Waals surface area contributed by atoms with Crippen LogP contribution in [0.4, 0.5) is 0 Å². The van der Waals surface area contributed by atoms with Gasteiger partial charge in [0.1, 0.15) is 6.04 Å². The SMILES string of the molecule is O=C(O)[C@@H]1CSCN1C(=O)c1cccc(-c2nn[nH]n2)c1. The second-order valence-corrected chi connectivity index (χ2v) is 5.44. The van der Waals surface area contributed by atoms with Gasteiger partial charge in [-0.1, -0.05) is 12.1 Å². The van der Waals surface area contributed by atoms with E-state index in [0.29, 0.717) is 28.6 Å². The fourth-order valence-corrected chi connectivity index (χ4v) is 3.23. The average molecular weight is 305 g/mol. The topological polar surface area (TPSA) is 112 Å². The van der Waals surface area contributed by atoms with Crippen LogP contribution in [-0.4, -0.2) is 60.2 Å². The second-order valence-electron chi connectivity index (χ2n) is 4.45. The Bertz CT molecular complexity index is 675. The van der Waals surface area contributed by atoms with Crippen molar-refractivity contribution in [3.8, 4) is 11.4 Å². The summed E-state index contributed by atoms with van der Waals surface area (Å²) in [7, 11) is 0. The molecule has 1 aliphatic heterocycles. The predicted molar refractivity (Wildman–Crippen MR) is 74.5 cm³/mol. The number of carboxylic acid groups (broad SMARTS) is 1. The molecular weight excluding hydrogens is 294 g/mol. The molecular formula is C12H11N5O3S. The molecule has 2 heterocycles. The van der Waals surface area contributed by atoms with Gasteiger partial charge in [-0.05, 0) is 17.3 Å². The van der Waals surface area contributed by atoms with Crippen molar-refractivity contribution in [3.63, 3.8) is 0 Å². The minimum Gasteiger partial charge on any atom is -0.480 e. The van der Waals surface area contributed by atoms with Gasteiger partial charge in [-0.3, -0.25) is 4.79 Å². The van der Waals surface area contributed by atoms with Gasteiger partial charge in [0.15, 0.2) is 0 Å². The summed E-state index contributed by atoms with van der Waals surface area (Å²) >= 11 is 1.43. The smallest absolute Gasteiger partial charge is 0.327 e. The van der Waals surface area contributed by atoms with Crippen molar-refractivity contribution < 1.29 is 14.7 Å². The molecule has 8 nitrogen and oxygen atoms in total. The number of thioether (sulfide) groups is 1. The summed E-state index contributed by atoms with van der Waals surface area (Å²) in [5.41, 5.74) is 1.05. The molecule has 0 unspecified atom stereocenters. The second kappa shape index (κ2) is 5.52. The van der Waals surface area contributed by atoms with Gasteiger partial charge in [-0.25, -0.2) is 4.79 Å². The quantitative estimate of drug-likeness (QED) is 0.847. The molecule has 0 radical (unpaired) electrons. The number of nitrogens with zero attached hydrogens (tertiary/aromatic N) is 4. The van der Waals surface area contributed by atoms with Crippen LogP contribution in [0.5, 0.6) is 0 Å². The normalized spacial score (nSPS) is 17.9. The lowest BCUT2D eigenvalue weighted by molar-refractivity contribution is -0.140. The lowest BCUT2D eigenvalue weighted by Gasteiger charge is -2.20. The van der Waals surface area contributed by atoms with Crippen molar-refractivity contribution >= 4 is 23.6 Å². The minimum absolute atomic E-state index is 0.308. The number of carbonyl (C=O) groups excluding carboxylic acids is 1. The molecule has 1 saturated heterocycles. The number of carbonyl (C=O) groups is 2. The number of H-pyrrole nitrogens is 1. The van der Waals surface area contributed by atoms with E-state index in [1.165, 1.54) is 16.7 Å². The highest BCUT2D eigenvalue weighted by molar-refractivity contribution is 7.99. The van der Waals surface area contributed by atoms with Crippen LogP contribution in [0.1, 0.15) is 10.4 Å². The molecule has 1 aromatic heterocycles. The number of nitrogens with one attached hydrogen (secondary N) is 1. The van der Waals surface area contributed by atoms with E-state index in [-0.39, 0.29) is 5.91 Å². The van der Waals surface area contributed by atoms with Gasteiger partial charge < -0.3 is 10.0 Å². The number of aliphatic carboxylic acids is 1. The molecule has 1 amide bonds. The van der Waals surface area contributed by atoms with E-state index in [9.17, 15) is 9.59 Å². The van der Waals surface area contributed by atoms with Crippen LogP contribution in [0, 0.1) is 0 Å². The Morgan fingerprint density at radius 1 is 1.43 bits per heavy atom. The fourth-order valence-electron chi connectivity index (χ4n) is 2.09. The highest BCUT2D eigenvalue weighted by Gasteiger charge is 2.35. The Morgan fingerprint density at radius 3 is 3.00 bits per heavy atom. The summed E-state index contributed by atoms with van der Waals surface area (Å²) in [6.07, 6.45) is 0. The first-order valence-electron chi connectivity index (χ1n) is 6.12. The standard InChI is InChI=1S/C12H11N5O3S/c18-11(17-6-21-5-9(17)12(19)20)8-3-1-2-7(4-8)10-13-15-16-14-10/h1-4,9H,5-6H2,(H,19,20)(H,13,14,15,16)/t9-/m0/s1.